The Morgan fingerprint density at radius 3 is 2.79 bits per heavy atom. The maximum atomic E-state index is 12.3. The SMILES string of the molecule is CN1CC(=O)N2CC(=O)N(CCCC3=CC=CCC3)CC2N1C=O. The highest BCUT2D eigenvalue weighted by atomic mass is 16.2. The lowest BCUT2D eigenvalue weighted by Crippen LogP contribution is -2.71. The first-order valence-electron chi connectivity index (χ1n) is 8.46. The number of rotatable bonds is 5. The molecule has 0 N–H and O–H groups in total. The summed E-state index contributed by atoms with van der Waals surface area (Å²) in [6, 6.07) is 0. The maximum Gasteiger partial charge on any atom is 0.242 e. The lowest BCUT2D eigenvalue weighted by Gasteiger charge is -2.50. The number of hydrazine groups is 1. The molecule has 2 aliphatic heterocycles. The van der Waals surface area contributed by atoms with E-state index in [1.54, 1.807) is 17.0 Å². The Labute approximate surface area is 142 Å². The van der Waals surface area contributed by atoms with Crippen molar-refractivity contribution in [2.45, 2.75) is 31.8 Å². The topological polar surface area (TPSA) is 64.2 Å². The number of piperazine rings is 1. The molecule has 2 heterocycles. The largest absolute Gasteiger partial charge is 0.337 e. The van der Waals surface area contributed by atoms with Crippen LogP contribution in [0.3, 0.4) is 0 Å². The molecule has 0 aromatic carbocycles. The average Bonchev–Trinajstić information content (AvgIpc) is 2.57. The first-order chi connectivity index (χ1) is 11.6. The molecule has 1 aliphatic carbocycles. The number of fused-ring (bicyclic) bond motifs is 1. The molecule has 0 saturated carbocycles. The van der Waals surface area contributed by atoms with Crippen molar-refractivity contribution in [3.63, 3.8) is 0 Å². The quantitative estimate of drug-likeness (QED) is 0.682. The third kappa shape index (κ3) is 3.36. The molecule has 3 aliphatic rings. The van der Waals surface area contributed by atoms with Gasteiger partial charge in [-0.2, -0.15) is 0 Å². The van der Waals surface area contributed by atoms with Crippen LogP contribution in [0.25, 0.3) is 0 Å². The van der Waals surface area contributed by atoms with Gasteiger partial charge in [0.2, 0.25) is 18.2 Å². The van der Waals surface area contributed by atoms with Crippen LogP contribution in [0.2, 0.25) is 0 Å². The van der Waals surface area contributed by atoms with Crippen molar-refractivity contribution in [1.29, 1.82) is 0 Å². The highest BCUT2D eigenvalue weighted by Gasteiger charge is 2.42. The van der Waals surface area contributed by atoms with Gasteiger partial charge in [-0.05, 0) is 25.7 Å². The molecule has 7 heteroatoms. The summed E-state index contributed by atoms with van der Waals surface area (Å²) >= 11 is 0. The summed E-state index contributed by atoms with van der Waals surface area (Å²) in [4.78, 5) is 39.1. The van der Waals surface area contributed by atoms with Gasteiger partial charge in [-0.3, -0.25) is 19.4 Å². The molecule has 2 fully saturated rings. The lowest BCUT2D eigenvalue weighted by atomic mass is 10.0. The van der Waals surface area contributed by atoms with Crippen LogP contribution in [0.1, 0.15) is 25.7 Å². The number of amides is 3. The summed E-state index contributed by atoms with van der Waals surface area (Å²) in [5.41, 5.74) is 1.42. The predicted octanol–water partition coefficient (Wildman–Crippen LogP) is 0.359. The van der Waals surface area contributed by atoms with E-state index in [-0.39, 0.29) is 31.1 Å². The molecule has 130 valence electrons. The number of allylic oxidation sites excluding steroid dienone is 4. The Morgan fingerprint density at radius 2 is 2.08 bits per heavy atom. The molecular formula is C17H24N4O3. The van der Waals surface area contributed by atoms with E-state index in [1.807, 2.05) is 0 Å². The zero-order valence-electron chi connectivity index (χ0n) is 14.1. The molecular weight excluding hydrogens is 308 g/mol. The Bertz CT molecular complexity index is 586. The van der Waals surface area contributed by atoms with Crippen molar-refractivity contribution in [3.8, 4) is 0 Å². The normalized spacial score (nSPS) is 25.0. The summed E-state index contributed by atoms with van der Waals surface area (Å²) < 4.78 is 0. The van der Waals surface area contributed by atoms with Gasteiger partial charge in [0, 0.05) is 13.6 Å². The fraction of sp³-hybridized carbons (Fsp3) is 0.588. The van der Waals surface area contributed by atoms with Crippen LogP contribution in [0.4, 0.5) is 0 Å². The van der Waals surface area contributed by atoms with E-state index in [0.717, 1.165) is 32.1 Å². The van der Waals surface area contributed by atoms with Gasteiger partial charge in [-0.25, -0.2) is 5.01 Å². The van der Waals surface area contributed by atoms with Crippen LogP contribution in [0.5, 0.6) is 0 Å². The second kappa shape index (κ2) is 7.17. The number of likely N-dealkylation sites (N-methyl/N-ethyl adjacent to an activating group) is 1. The van der Waals surface area contributed by atoms with Crippen molar-refractivity contribution < 1.29 is 14.4 Å². The van der Waals surface area contributed by atoms with Crippen molar-refractivity contribution in [3.05, 3.63) is 23.8 Å². The van der Waals surface area contributed by atoms with Gasteiger partial charge >= 0.3 is 0 Å². The van der Waals surface area contributed by atoms with Gasteiger partial charge in [0.05, 0.1) is 13.1 Å². The van der Waals surface area contributed by atoms with Crippen molar-refractivity contribution in [2.75, 3.05) is 33.2 Å². The number of nitrogens with zero attached hydrogens (tertiary/aromatic N) is 4. The van der Waals surface area contributed by atoms with Gasteiger partial charge in [-0.1, -0.05) is 23.8 Å². The molecule has 1 atom stereocenters. The van der Waals surface area contributed by atoms with Crippen molar-refractivity contribution >= 4 is 18.2 Å². The maximum absolute atomic E-state index is 12.3. The zero-order valence-corrected chi connectivity index (χ0v) is 14.1. The predicted molar refractivity (Wildman–Crippen MR) is 88.3 cm³/mol. The lowest BCUT2D eigenvalue weighted by molar-refractivity contribution is -0.188. The average molecular weight is 332 g/mol. The second-order valence-corrected chi connectivity index (χ2v) is 6.54. The zero-order chi connectivity index (χ0) is 17.1. The smallest absolute Gasteiger partial charge is 0.242 e. The molecule has 0 radical (unpaired) electrons. The fourth-order valence-electron chi connectivity index (χ4n) is 3.55. The molecule has 0 aromatic heterocycles. The highest BCUT2D eigenvalue weighted by Crippen LogP contribution is 2.21. The van der Waals surface area contributed by atoms with Crippen molar-refractivity contribution in [1.82, 2.24) is 19.8 Å². The summed E-state index contributed by atoms with van der Waals surface area (Å²) in [7, 11) is 1.72. The van der Waals surface area contributed by atoms with E-state index < -0.39 is 0 Å². The van der Waals surface area contributed by atoms with E-state index in [4.69, 9.17) is 0 Å². The number of carbonyl (C=O) groups excluding carboxylic acids is 3. The molecule has 7 nitrogen and oxygen atoms in total. The number of hydrogen-bond donors (Lipinski definition) is 0. The standard InChI is InChI=1S/C17H24N4O3/c1-18-11-17(24)20-12-16(23)19(10-15(20)21(18)13-22)9-5-8-14-6-3-2-4-7-14/h2-3,6,13,15H,4-5,7-12H2,1H3. The van der Waals surface area contributed by atoms with Crippen LogP contribution in [0.15, 0.2) is 23.8 Å². The molecule has 24 heavy (non-hydrogen) atoms. The fourth-order valence-corrected chi connectivity index (χ4v) is 3.55. The third-order valence-electron chi connectivity index (χ3n) is 4.92. The van der Waals surface area contributed by atoms with E-state index in [0.29, 0.717) is 13.1 Å². The molecule has 0 spiro atoms. The molecule has 0 bridgehead atoms. The Morgan fingerprint density at radius 1 is 1.25 bits per heavy atom. The Kier molecular flexibility index (Phi) is 4.99. The second-order valence-electron chi connectivity index (χ2n) is 6.54. The molecule has 3 amide bonds. The third-order valence-corrected chi connectivity index (χ3v) is 4.92. The van der Waals surface area contributed by atoms with Crippen molar-refractivity contribution in [2.24, 2.45) is 0 Å². The summed E-state index contributed by atoms with van der Waals surface area (Å²) in [5.74, 6) is -0.139. The highest BCUT2D eigenvalue weighted by molar-refractivity contribution is 5.88. The first kappa shape index (κ1) is 16.7. The molecule has 0 aromatic rings. The molecule has 3 rings (SSSR count). The van der Waals surface area contributed by atoms with E-state index >= 15 is 0 Å². The van der Waals surface area contributed by atoms with Crippen LogP contribution in [0, 0.1) is 0 Å². The minimum atomic E-state index is -0.386. The summed E-state index contributed by atoms with van der Waals surface area (Å²) in [6.45, 7) is 1.23. The van der Waals surface area contributed by atoms with Crippen LogP contribution >= 0.6 is 0 Å². The summed E-state index contributed by atoms with van der Waals surface area (Å²) in [6.07, 6.45) is 10.8. The van der Waals surface area contributed by atoms with Crippen LogP contribution in [-0.4, -0.2) is 77.4 Å². The molecule has 1 unspecified atom stereocenters. The van der Waals surface area contributed by atoms with Gasteiger partial charge < -0.3 is 9.80 Å². The summed E-state index contributed by atoms with van der Waals surface area (Å²) in [5, 5.41) is 3.12. The van der Waals surface area contributed by atoms with Gasteiger partial charge in [0.15, 0.2) is 0 Å². The minimum Gasteiger partial charge on any atom is -0.337 e. The Balaban J connectivity index is 1.60. The van der Waals surface area contributed by atoms with E-state index in [2.05, 4.69) is 18.2 Å². The van der Waals surface area contributed by atoms with E-state index in [1.165, 1.54) is 15.5 Å². The number of hydrogen-bond acceptors (Lipinski definition) is 4. The first-order valence-corrected chi connectivity index (χ1v) is 8.46. The van der Waals surface area contributed by atoms with Gasteiger partial charge in [-0.15, -0.1) is 0 Å². The van der Waals surface area contributed by atoms with Crippen LogP contribution in [-0.2, 0) is 14.4 Å². The Hall–Kier alpha value is -2.15. The molecule has 2 saturated heterocycles. The number of carbonyl (C=O) groups is 3. The van der Waals surface area contributed by atoms with Gasteiger partial charge in [0.25, 0.3) is 0 Å². The minimum absolute atomic E-state index is 0.0347. The van der Waals surface area contributed by atoms with Crippen LogP contribution < -0.4 is 0 Å². The monoisotopic (exact) mass is 332 g/mol. The van der Waals surface area contributed by atoms with E-state index in [9.17, 15) is 14.4 Å². The van der Waals surface area contributed by atoms with Gasteiger partial charge in [0.1, 0.15) is 12.7 Å².